The van der Waals surface area contributed by atoms with Gasteiger partial charge in [0, 0.05) is 31.7 Å². The summed E-state index contributed by atoms with van der Waals surface area (Å²) in [7, 11) is 4.74. The number of carbonyl (C=O) groups excluding carboxylic acids is 1. The van der Waals surface area contributed by atoms with Crippen LogP contribution in [-0.2, 0) is 11.2 Å². The summed E-state index contributed by atoms with van der Waals surface area (Å²) < 4.78 is 16.3. The zero-order valence-electron chi connectivity index (χ0n) is 20.1. The molecule has 8 heteroatoms. The minimum Gasteiger partial charge on any atom is -0.493 e. The lowest BCUT2D eigenvalue weighted by Crippen LogP contribution is -2.49. The highest BCUT2D eigenvalue weighted by molar-refractivity contribution is 5.79. The topological polar surface area (TPSA) is 77.0 Å². The molecule has 0 N–H and O–H groups in total. The second-order valence-corrected chi connectivity index (χ2v) is 8.22. The number of nitrogens with zero attached hydrogens (tertiary/aromatic N) is 4. The smallest absolute Gasteiger partial charge is 0.227 e. The fourth-order valence-corrected chi connectivity index (χ4v) is 4.05. The summed E-state index contributed by atoms with van der Waals surface area (Å²) in [4.78, 5) is 16.8. The zero-order chi connectivity index (χ0) is 24.1. The van der Waals surface area contributed by atoms with E-state index in [0.29, 0.717) is 42.5 Å². The number of methoxy groups -OCH3 is 3. The van der Waals surface area contributed by atoms with Crippen LogP contribution in [0.2, 0.25) is 0 Å². The molecule has 1 saturated heterocycles. The molecule has 3 aromatic rings. The lowest BCUT2D eigenvalue weighted by atomic mass is 10.1. The van der Waals surface area contributed by atoms with E-state index < -0.39 is 0 Å². The first-order chi connectivity index (χ1) is 16.5. The Hall–Kier alpha value is -3.81. The standard InChI is InChI=1S/C26H30N4O4/c1-18-5-7-19(8-6-18)15-25(31)30-13-11-29(12-14-30)24-10-9-21(27-28-24)20-16-22(32-2)26(34-4)23(17-20)33-3/h5-10,16-17H,11-15H2,1-4H3. The molecule has 1 aliphatic rings. The monoisotopic (exact) mass is 462 g/mol. The van der Waals surface area contributed by atoms with Gasteiger partial charge in [-0.05, 0) is 36.8 Å². The molecule has 0 aliphatic carbocycles. The van der Waals surface area contributed by atoms with Gasteiger partial charge in [-0.2, -0.15) is 0 Å². The Morgan fingerprint density at radius 1 is 0.853 bits per heavy atom. The van der Waals surface area contributed by atoms with Gasteiger partial charge in [0.2, 0.25) is 11.7 Å². The van der Waals surface area contributed by atoms with Crippen LogP contribution in [-0.4, -0.2) is 68.5 Å². The molecule has 1 fully saturated rings. The summed E-state index contributed by atoms with van der Waals surface area (Å²) in [6, 6.07) is 15.7. The van der Waals surface area contributed by atoms with Gasteiger partial charge in [0.15, 0.2) is 17.3 Å². The number of carbonyl (C=O) groups is 1. The predicted molar refractivity (Wildman–Crippen MR) is 131 cm³/mol. The van der Waals surface area contributed by atoms with Crippen molar-refractivity contribution in [3.63, 3.8) is 0 Å². The Bertz CT molecular complexity index is 1100. The minimum atomic E-state index is 0.160. The molecule has 8 nitrogen and oxygen atoms in total. The number of aryl methyl sites for hydroxylation is 1. The van der Waals surface area contributed by atoms with E-state index in [0.717, 1.165) is 30.0 Å². The zero-order valence-corrected chi connectivity index (χ0v) is 20.1. The molecule has 1 amide bonds. The third-order valence-corrected chi connectivity index (χ3v) is 6.04. The fourth-order valence-electron chi connectivity index (χ4n) is 4.05. The average molecular weight is 463 g/mol. The van der Waals surface area contributed by atoms with Crippen LogP contribution in [0.4, 0.5) is 5.82 Å². The van der Waals surface area contributed by atoms with Crippen LogP contribution in [0.5, 0.6) is 17.2 Å². The molecule has 2 heterocycles. The molecule has 0 unspecified atom stereocenters. The van der Waals surface area contributed by atoms with Gasteiger partial charge in [0.05, 0.1) is 33.4 Å². The van der Waals surface area contributed by atoms with Gasteiger partial charge in [0.25, 0.3) is 0 Å². The summed E-state index contributed by atoms with van der Waals surface area (Å²) in [6.45, 7) is 4.82. The van der Waals surface area contributed by atoms with E-state index in [-0.39, 0.29) is 5.91 Å². The number of anilines is 1. The van der Waals surface area contributed by atoms with Gasteiger partial charge in [0.1, 0.15) is 0 Å². The van der Waals surface area contributed by atoms with Gasteiger partial charge in [-0.1, -0.05) is 29.8 Å². The molecule has 0 spiro atoms. The number of hydrogen-bond donors (Lipinski definition) is 0. The summed E-state index contributed by atoms with van der Waals surface area (Å²) in [5.74, 6) is 2.62. The van der Waals surface area contributed by atoms with Crippen molar-refractivity contribution in [1.82, 2.24) is 15.1 Å². The second-order valence-electron chi connectivity index (χ2n) is 8.22. The van der Waals surface area contributed by atoms with E-state index in [4.69, 9.17) is 14.2 Å². The van der Waals surface area contributed by atoms with Gasteiger partial charge in [-0.3, -0.25) is 4.79 Å². The predicted octanol–water partition coefficient (Wildman–Crippen LogP) is 3.37. The Kier molecular flexibility index (Phi) is 7.15. The Morgan fingerprint density at radius 2 is 1.50 bits per heavy atom. The molecule has 0 radical (unpaired) electrons. The van der Waals surface area contributed by atoms with Crippen LogP contribution in [0.15, 0.2) is 48.5 Å². The van der Waals surface area contributed by atoms with Crippen LogP contribution in [0.3, 0.4) is 0 Å². The third kappa shape index (κ3) is 5.06. The van der Waals surface area contributed by atoms with Crippen molar-refractivity contribution in [1.29, 1.82) is 0 Å². The van der Waals surface area contributed by atoms with Crippen molar-refractivity contribution >= 4 is 11.7 Å². The van der Waals surface area contributed by atoms with E-state index in [2.05, 4.69) is 15.1 Å². The van der Waals surface area contributed by atoms with E-state index >= 15 is 0 Å². The SMILES string of the molecule is COc1cc(-c2ccc(N3CCN(C(=O)Cc4ccc(C)cc4)CC3)nn2)cc(OC)c1OC. The van der Waals surface area contributed by atoms with Crippen LogP contribution in [0.25, 0.3) is 11.3 Å². The van der Waals surface area contributed by atoms with Crippen LogP contribution < -0.4 is 19.1 Å². The molecule has 4 rings (SSSR count). The van der Waals surface area contributed by atoms with Crippen LogP contribution in [0.1, 0.15) is 11.1 Å². The highest BCUT2D eigenvalue weighted by Crippen LogP contribution is 2.40. The number of benzene rings is 2. The van der Waals surface area contributed by atoms with Crippen molar-refractivity contribution < 1.29 is 19.0 Å². The molecular weight excluding hydrogens is 432 g/mol. The van der Waals surface area contributed by atoms with E-state index in [1.165, 1.54) is 5.56 Å². The van der Waals surface area contributed by atoms with Crippen molar-refractivity contribution in [3.8, 4) is 28.5 Å². The number of hydrogen-bond acceptors (Lipinski definition) is 7. The molecule has 0 bridgehead atoms. The minimum absolute atomic E-state index is 0.160. The van der Waals surface area contributed by atoms with Crippen LogP contribution in [0, 0.1) is 6.92 Å². The number of aromatic nitrogens is 2. The summed E-state index contributed by atoms with van der Waals surface area (Å²) in [5, 5.41) is 8.86. The Balaban J connectivity index is 1.40. The maximum absolute atomic E-state index is 12.7. The first-order valence-electron chi connectivity index (χ1n) is 11.2. The van der Waals surface area contributed by atoms with Crippen molar-refractivity contribution in [2.45, 2.75) is 13.3 Å². The lowest BCUT2D eigenvalue weighted by Gasteiger charge is -2.35. The summed E-state index contributed by atoms with van der Waals surface area (Å²) in [6.07, 6.45) is 0.434. The van der Waals surface area contributed by atoms with Crippen molar-refractivity contribution in [2.24, 2.45) is 0 Å². The Morgan fingerprint density at radius 3 is 2.03 bits per heavy atom. The molecule has 0 atom stereocenters. The first kappa shape index (κ1) is 23.4. The molecule has 2 aromatic carbocycles. The van der Waals surface area contributed by atoms with E-state index in [1.54, 1.807) is 21.3 Å². The highest BCUT2D eigenvalue weighted by Gasteiger charge is 2.22. The largest absolute Gasteiger partial charge is 0.493 e. The average Bonchev–Trinajstić information content (AvgIpc) is 2.89. The van der Waals surface area contributed by atoms with Gasteiger partial charge in [-0.25, -0.2) is 0 Å². The van der Waals surface area contributed by atoms with Gasteiger partial charge < -0.3 is 24.0 Å². The fraction of sp³-hybridized carbons (Fsp3) is 0.346. The quantitative estimate of drug-likeness (QED) is 0.533. The molecule has 0 saturated carbocycles. The van der Waals surface area contributed by atoms with Crippen molar-refractivity contribution in [2.75, 3.05) is 52.4 Å². The molecule has 178 valence electrons. The summed E-state index contributed by atoms with van der Waals surface area (Å²) >= 11 is 0. The van der Waals surface area contributed by atoms with Crippen molar-refractivity contribution in [3.05, 3.63) is 59.7 Å². The number of amides is 1. The maximum atomic E-state index is 12.7. The first-order valence-corrected chi connectivity index (χ1v) is 11.2. The summed E-state index contributed by atoms with van der Waals surface area (Å²) in [5.41, 5.74) is 3.77. The van der Waals surface area contributed by atoms with Gasteiger partial charge in [-0.15, -0.1) is 10.2 Å². The van der Waals surface area contributed by atoms with E-state index in [1.807, 2.05) is 60.4 Å². The van der Waals surface area contributed by atoms with Gasteiger partial charge >= 0.3 is 0 Å². The maximum Gasteiger partial charge on any atom is 0.227 e. The molecule has 34 heavy (non-hydrogen) atoms. The number of ether oxygens (including phenoxy) is 3. The van der Waals surface area contributed by atoms with Crippen LogP contribution >= 0.6 is 0 Å². The normalized spacial score (nSPS) is 13.5. The van der Waals surface area contributed by atoms with E-state index in [9.17, 15) is 4.79 Å². The Labute approximate surface area is 200 Å². The number of rotatable bonds is 7. The molecular formula is C26H30N4O4. The highest BCUT2D eigenvalue weighted by atomic mass is 16.5. The second kappa shape index (κ2) is 10.4. The molecule has 1 aromatic heterocycles. The molecule has 1 aliphatic heterocycles. The number of piperazine rings is 1. The third-order valence-electron chi connectivity index (χ3n) is 6.04. The lowest BCUT2D eigenvalue weighted by molar-refractivity contribution is -0.130.